The van der Waals surface area contributed by atoms with Gasteiger partial charge in [-0.05, 0) is 38.5 Å². The fraction of sp³-hybridized carbons (Fsp3) is 0.550. The van der Waals surface area contributed by atoms with Crippen molar-refractivity contribution in [2.45, 2.75) is 70.2 Å². The highest BCUT2D eigenvalue weighted by molar-refractivity contribution is 5.66. The Bertz CT molecular complexity index is 462. The molecule has 4 nitrogen and oxygen atoms in total. The molecule has 4 heteroatoms. The monoisotopic (exact) mass is 334 g/mol. The van der Waals surface area contributed by atoms with Gasteiger partial charge in [0.05, 0.1) is 6.10 Å². The van der Waals surface area contributed by atoms with Gasteiger partial charge in [0, 0.05) is 6.42 Å². The topological polar surface area (TPSA) is 70.1 Å². The maximum absolute atomic E-state index is 10.3. The molecule has 134 valence electrons. The van der Waals surface area contributed by atoms with E-state index in [1.54, 1.807) is 0 Å². The number of ether oxygens (including phenoxy) is 1. The Morgan fingerprint density at radius 3 is 2.42 bits per heavy atom. The quantitative estimate of drug-likeness (QED) is 0.301. The van der Waals surface area contributed by atoms with E-state index in [2.05, 4.69) is 30.4 Å². The van der Waals surface area contributed by atoms with E-state index in [-0.39, 0.29) is 18.6 Å². The molecule has 0 aromatic rings. The Morgan fingerprint density at radius 2 is 1.75 bits per heavy atom. The number of epoxide rings is 1. The van der Waals surface area contributed by atoms with Gasteiger partial charge in [0.25, 0.3) is 0 Å². The van der Waals surface area contributed by atoms with Gasteiger partial charge >= 0.3 is 5.97 Å². The van der Waals surface area contributed by atoms with E-state index in [4.69, 9.17) is 9.84 Å². The minimum Gasteiger partial charge on any atom is -0.481 e. The second kappa shape index (κ2) is 12.7. The van der Waals surface area contributed by atoms with Crippen molar-refractivity contribution in [3.63, 3.8) is 0 Å². The minimum atomic E-state index is -0.732. The number of aliphatic carboxylic acids is 1. The number of allylic oxidation sites excluding steroid dienone is 6. The van der Waals surface area contributed by atoms with E-state index < -0.39 is 12.1 Å². The van der Waals surface area contributed by atoms with E-state index in [0.29, 0.717) is 6.42 Å². The van der Waals surface area contributed by atoms with Crippen LogP contribution in [-0.2, 0) is 9.53 Å². The van der Waals surface area contributed by atoms with Gasteiger partial charge in [0.2, 0.25) is 0 Å². The van der Waals surface area contributed by atoms with E-state index >= 15 is 0 Å². The number of carboxylic acid groups (broad SMARTS) is 1. The second-order valence-electron chi connectivity index (χ2n) is 5.87. The van der Waals surface area contributed by atoms with Crippen molar-refractivity contribution in [3.8, 4) is 0 Å². The van der Waals surface area contributed by atoms with E-state index in [1.165, 1.54) is 0 Å². The summed E-state index contributed by atoms with van der Waals surface area (Å²) in [6.45, 7) is 2.04. The third-order valence-electron chi connectivity index (χ3n) is 3.70. The predicted octanol–water partition coefficient (Wildman–Crippen LogP) is 4.17. The molecule has 1 fully saturated rings. The predicted molar refractivity (Wildman–Crippen MR) is 96.9 cm³/mol. The van der Waals surface area contributed by atoms with Crippen molar-refractivity contribution in [2.75, 3.05) is 0 Å². The third kappa shape index (κ3) is 10.2. The van der Waals surface area contributed by atoms with Crippen LogP contribution in [0.2, 0.25) is 0 Å². The first-order valence-electron chi connectivity index (χ1n) is 8.82. The van der Waals surface area contributed by atoms with Gasteiger partial charge in [-0.15, -0.1) is 0 Å². The largest absolute Gasteiger partial charge is 0.481 e. The van der Waals surface area contributed by atoms with Gasteiger partial charge in [0.15, 0.2) is 0 Å². The van der Waals surface area contributed by atoms with Gasteiger partial charge in [-0.2, -0.15) is 0 Å². The molecule has 0 aromatic heterocycles. The van der Waals surface area contributed by atoms with Gasteiger partial charge in [-0.25, -0.2) is 0 Å². The summed E-state index contributed by atoms with van der Waals surface area (Å²) in [5.74, 6) is -0.732. The van der Waals surface area contributed by atoms with Gasteiger partial charge in [0.1, 0.15) is 12.2 Å². The van der Waals surface area contributed by atoms with Gasteiger partial charge < -0.3 is 14.9 Å². The summed E-state index contributed by atoms with van der Waals surface area (Å²) in [7, 11) is 0. The summed E-state index contributed by atoms with van der Waals surface area (Å²) in [5.41, 5.74) is 0. The average molecular weight is 334 g/mol. The van der Waals surface area contributed by atoms with Crippen molar-refractivity contribution >= 4 is 5.97 Å². The Kier molecular flexibility index (Phi) is 10.8. The van der Waals surface area contributed by atoms with E-state index in [1.807, 2.05) is 25.2 Å². The lowest BCUT2D eigenvalue weighted by atomic mass is 10.1. The van der Waals surface area contributed by atoms with Crippen LogP contribution in [0.1, 0.15) is 51.9 Å². The summed E-state index contributed by atoms with van der Waals surface area (Å²) in [4.78, 5) is 10.3. The molecule has 0 spiro atoms. The SMILES string of the molecule is CC/C=C\C(O)C1OC1C/C=C\C/C=C\C/C=C\CCCC(=O)O. The molecule has 1 saturated heterocycles. The summed E-state index contributed by atoms with van der Waals surface area (Å²) in [5, 5.41) is 18.3. The van der Waals surface area contributed by atoms with Crippen molar-refractivity contribution < 1.29 is 19.7 Å². The Labute approximate surface area is 145 Å². The molecule has 24 heavy (non-hydrogen) atoms. The molecule has 0 saturated carbocycles. The van der Waals surface area contributed by atoms with Crippen LogP contribution in [0.3, 0.4) is 0 Å². The minimum absolute atomic E-state index is 0.0424. The molecule has 0 bridgehead atoms. The maximum Gasteiger partial charge on any atom is 0.303 e. The highest BCUT2D eigenvalue weighted by atomic mass is 16.6. The first-order chi connectivity index (χ1) is 11.6. The van der Waals surface area contributed by atoms with Crippen LogP contribution in [0.5, 0.6) is 0 Å². The number of aliphatic hydroxyl groups is 1. The van der Waals surface area contributed by atoms with Gasteiger partial charge in [-0.3, -0.25) is 4.79 Å². The van der Waals surface area contributed by atoms with Crippen LogP contribution in [-0.4, -0.2) is 34.5 Å². The normalized spacial score (nSPS) is 22.2. The fourth-order valence-electron chi connectivity index (χ4n) is 2.29. The number of hydrogen-bond acceptors (Lipinski definition) is 3. The molecule has 1 aliphatic heterocycles. The number of aliphatic hydroxyl groups excluding tert-OH is 1. The summed E-state index contributed by atoms with van der Waals surface area (Å²) < 4.78 is 5.47. The molecular formula is C20H30O4. The molecule has 1 rings (SSSR count). The number of carboxylic acids is 1. The van der Waals surface area contributed by atoms with Crippen LogP contribution in [0.25, 0.3) is 0 Å². The number of hydrogen-bond donors (Lipinski definition) is 2. The van der Waals surface area contributed by atoms with Crippen molar-refractivity contribution in [3.05, 3.63) is 48.6 Å². The first kappa shape index (κ1) is 20.4. The summed E-state index contributed by atoms with van der Waals surface area (Å²) in [6.07, 6.45) is 21.2. The van der Waals surface area contributed by atoms with Gasteiger partial charge in [-0.1, -0.05) is 55.5 Å². The molecule has 0 aromatic carbocycles. The van der Waals surface area contributed by atoms with Crippen LogP contribution in [0.15, 0.2) is 48.6 Å². The van der Waals surface area contributed by atoms with Crippen LogP contribution < -0.4 is 0 Å². The maximum atomic E-state index is 10.3. The highest BCUT2D eigenvalue weighted by Gasteiger charge is 2.42. The molecule has 1 heterocycles. The smallest absolute Gasteiger partial charge is 0.303 e. The zero-order valence-electron chi connectivity index (χ0n) is 14.5. The van der Waals surface area contributed by atoms with Crippen LogP contribution >= 0.6 is 0 Å². The molecule has 3 unspecified atom stereocenters. The Morgan fingerprint density at radius 1 is 1.08 bits per heavy atom. The molecule has 1 aliphatic rings. The summed E-state index contributed by atoms with van der Waals surface area (Å²) in [6, 6.07) is 0. The Balaban J connectivity index is 1.99. The van der Waals surface area contributed by atoms with Crippen molar-refractivity contribution in [2.24, 2.45) is 0 Å². The molecule has 0 radical (unpaired) electrons. The standard InChI is InChI=1S/C20H30O4/c1-2-3-14-17(21)20-18(24-20)15-12-10-8-6-4-5-7-9-11-13-16-19(22)23/h3-4,6-7,9-10,12,14,17-18,20-21H,2,5,8,11,13,15-16H2,1H3,(H,22,23)/b6-4-,9-7-,12-10-,14-3-. The zero-order chi connectivity index (χ0) is 17.6. The summed E-state index contributed by atoms with van der Waals surface area (Å²) >= 11 is 0. The van der Waals surface area contributed by atoms with Crippen molar-refractivity contribution in [1.82, 2.24) is 0 Å². The second-order valence-corrected chi connectivity index (χ2v) is 5.87. The number of carbonyl (C=O) groups is 1. The lowest BCUT2D eigenvalue weighted by Crippen LogP contribution is -2.13. The van der Waals surface area contributed by atoms with Crippen LogP contribution in [0, 0.1) is 0 Å². The molecule has 0 amide bonds. The van der Waals surface area contributed by atoms with E-state index in [9.17, 15) is 9.90 Å². The molecule has 3 atom stereocenters. The number of rotatable bonds is 13. The Hall–Kier alpha value is -1.65. The van der Waals surface area contributed by atoms with Crippen molar-refractivity contribution in [1.29, 1.82) is 0 Å². The molecule has 2 N–H and O–H groups in total. The van der Waals surface area contributed by atoms with E-state index in [0.717, 1.165) is 32.1 Å². The lowest BCUT2D eigenvalue weighted by molar-refractivity contribution is -0.137. The molecular weight excluding hydrogens is 304 g/mol. The fourth-order valence-corrected chi connectivity index (χ4v) is 2.29. The average Bonchev–Trinajstić information content (AvgIpc) is 3.33. The molecule has 0 aliphatic carbocycles. The number of unbranched alkanes of at least 4 members (excludes halogenated alkanes) is 1. The van der Waals surface area contributed by atoms with Crippen LogP contribution in [0.4, 0.5) is 0 Å². The zero-order valence-corrected chi connectivity index (χ0v) is 14.5. The first-order valence-corrected chi connectivity index (χ1v) is 8.82. The highest BCUT2D eigenvalue weighted by Crippen LogP contribution is 2.29. The third-order valence-corrected chi connectivity index (χ3v) is 3.70. The lowest BCUT2D eigenvalue weighted by Gasteiger charge is -1.98.